The lowest BCUT2D eigenvalue weighted by Gasteiger charge is -2.12. The SMILES string of the molecule is O=C1S/C(=C\c2ccc(OCc3ccc(I)cc3)c(Cl)c2)C(=O)N1Cc1ccc(F)cc1. The maximum absolute atomic E-state index is 13.1. The second-order valence-corrected chi connectivity index (χ2v) is 9.65. The Morgan fingerprint density at radius 1 is 1.00 bits per heavy atom. The highest BCUT2D eigenvalue weighted by Crippen LogP contribution is 2.34. The molecule has 0 N–H and O–H groups in total. The lowest BCUT2D eigenvalue weighted by atomic mass is 10.2. The molecule has 1 aliphatic rings. The van der Waals surface area contributed by atoms with E-state index in [0.29, 0.717) is 33.4 Å². The first-order valence-corrected chi connectivity index (χ1v) is 11.8. The Hall–Kier alpha value is -2.36. The van der Waals surface area contributed by atoms with Crippen molar-refractivity contribution < 1.29 is 18.7 Å². The number of hydrogen-bond donors (Lipinski definition) is 0. The van der Waals surface area contributed by atoms with Gasteiger partial charge in [0.15, 0.2) is 0 Å². The lowest BCUT2D eigenvalue weighted by Crippen LogP contribution is -2.27. The first-order chi connectivity index (χ1) is 15.4. The van der Waals surface area contributed by atoms with Crippen molar-refractivity contribution in [2.24, 2.45) is 0 Å². The maximum atomic E-state index is 13.1. The van der Waals surface area contributed by atoms with Gasteiger partial charge in [-0.05, 0) is 93.5 Å². The Kier molecular flexibility index (Phi) is 7.17. The second kappa shape index (κ2) is 10.1. The summed E-state index contributed by atoms with van der Waals surface area (Å²) in [5.74, 6) is -0.225. The van der Waals surface area contributed by atoms with E-state index < -0.39 is 0 Å². The highest BCUT2D eigenvalue weighted by atomic mass is 127. The number of ether oxygens (including phenoxy) is 1. The fourth-order valence-electron chi connectivity index (χ4n) is 3.03. The van der Waals surface area contributed by atoms with Crippen LogP contribution < -0.4 is 4.74 Å². The maximum Gasteiger partial charge on any atom is 0.293 e. The van der Waals surface area contributed by atoms with Gasteiger partial charge in [0.2, 0.25) is 0 Å². The summed E-state index contributed by atoms with van der Waals surface area (Å²) in [6.07, 6.45) is 1.63. The first-order valence-electron chi connectivity index (χ1n) is 9.55. The van der Waals surface area contributed by atoms with Gasteiger partial charge in [-0.3, -0.25) is 14.5 Å². The first kappa shape index (κ1) is 22.8. The predicted molar refractivity (Wildman–Crippen MR) is 133 cm³/mol. The van der Waals surface area contributed by atoms with Crippen LogP contribution in [0.25, 0.3) is 6.08 Å². The Morgan fingerprint density at radius 2 is 1.69 bits per heavy atom. The fraction of sp³-hybridized carbons (Fsp3) is 0.0833. The van der Waals surface area contributed by atoms with Crippen LogP contribution in [0, 0.1) is 9.39 Å². The molecule has 8 heteroatoms. The number of amides is 2. The fourth-order valence-corrected chi connectivity index (χ4v) is 4.47. The van der Waals surface area contributed by atoms with Gasteiger partial charge >= 0.3 is 0 Å². The van der Waals surface area contributed by atoms with Crippen LogP contribution in [0.4, 0.5) is 9.18 Å². The summed E-state index contributed by atoms with van der Waals surface area (Å²) in [6.45, 7) is 0.479. The van der Waals surface area contributed by atoms with Gasteiger partial charge in [-0.25, -0.2) is 4.39 Å². The van der Waals surface area contributed by atoms with Gasteiger partial charge in [0.05, 0.1) is 16.5 Å². The Bertz CT molecular complexity index is 1200. The van der Waals surface area contributed by atoms with E-state index in [1.807, 2.05) is 24.3 Å². The molecule has 1 heterocycles. The van der Waals surface area contributed by atoms with Crippen LogP contribution in [0.1, 0.15) is 16.7 Å². The summed E-state index contributed by atoms with van der Waals surface area (Å²) >= 11 is 9.48. The molecule has 32 heavy (non-hydrogen) atoms. The third kappa shape index (κ3) is 5.51. The Morgan fingerprint density at radius 3 is 2.38 bits per heavy atom. The average molecular weight is 580 g/mol. The molecule has 0 saturated carbocycles. The molecular weight excluding hydrogens is 564 g/mol. The Balaban J connectivity index is 1.44. The van der Waals surface area contributed by atoms with Crippen molar-refractivity contribution >= 4 is 63.2 Å². The molecule has 2 amide bonds. The number of hydrogen-bond acceptors (Lipinski definition) is 4. The van der Waals surface area contributed by atoms with E-state index in [1.165, 1.54) is 12.1 Å². The topological polar surface area (TPSA) is 46.6 Å². The molecule has 4 rings (SSSR count). The van der Waals surface area contributed by atoms with E-state index in [-0.39, 0.29) is 23.5 Å². The molecule has 3 aromatic rings. The zero-order valence-corrected chi connectivity index (χ0v) is 20.3. The molecular formula is C24H16ClFINO3S. The monoisotopic (exact) mass is 579 g/mol. The molecule has 3 aromatic carbocycles. The second-order valence-electron chi connectivity index (χ2n) is 7.00. The van der Waals surface area contributed by atoms with E-state index in [1.54, 1.807) is 36.4 Å². The highest BCUT2D eigenvalue weighted by molar-refractivity contribution is 14.1. The zero-order chi connectivity index (χ0) is 22.7. The molecule has 1 aliphatic heterocycles. The molecule has 1 saturated heterocycles. The number of nitrogens with zero attached hydrogens (tertiary/aromatic N) is 1. The molecule has 0 bridgehead atoms. The smallest absolute Gasteiger partial charge is 0.293 e. The standard InChI is InChI=1S/C24H16ClFINO3S/c25-20-11-17(5-10-21(20)31-14-16-3-8-19(27)9-4-16)12-22-23(29)28(24(30)32-22)13-15-1-6-18(26)7-2-15/h1-12H,13-14H2/b22-12-. The van der Waals surface area contributed by atoms with Crippen molar-refractivity contribution in [1.29, 1.82) is 0 Å². The molecule has 162 valence electrons. The van der Waals surface area contributed by atoms with E-state index in [2.05, 4.69) is 22.6 Å². The predicted octanol–water partition coefficient (Wildman–Crippen LogP) is 6.90. The van der Waals surface area contributed by atoms with Crippen LogP contribution in [-0.4, -0.2) is 16.0 Å². The molecule has 1 fully saturated rings. The summed E-state index contributed by atoms with van der Waals surface area (Å²) in [6, 6.07) is 18.9. The zero-order valence-electron chi connectivity index (χ0n) is 16.6. The van der Waals surface area contributed by atoms with Crippen LogP contribution in [0.3, 0.4) is 0 Å². The van der Waals surface area contributed by atoms with Crippen LogP contribution >= 0.6 is 46.0 Å². The van der Waals surface area contributed by atoms with E-state index in [9.17, 15) is 14.0 Å². The number of rotatable bonds is 6. The van der Waals surface area contributed by atoms with Crippen molar-refractivity contribution in [3.05, 3.63) is 103 Å². The lowest BCUT2D eigenvalue weighted by molar-refractivity contribution is -0.123. The minimum atomic E-state index is -0.389. The quantitative estimate of drug-likeness (QED) is 0.236. The van der Waals surface area contributed by atoms with Gasteiger partial charge in [0.1, 0.15) is 18.2 Å². The van der Waals surface area contributed by atoms with E-state index in [0.717, 1.165) is 25.8 Å². The Labute approximate surface area is 207 Å². The highest BCUT2D eigenvalue weighted by Gasteiger charge is 2.35. The van der Waals surface area contributed by atoms with Crippen LogP contribution in [0.2, 0.25) is 5.02 Å². The largest absolute Gasteiger partial charge is 0.487 e. The summed E-state index contributed by atoms with van der Waals surface area (Å²) in [5.41, 5.74) is 2.39. The summed E-state index contributed by atoms with van der Waals surface area (Å²) < 4.78 is 20.0. The average Bonchev–Trinajstić information content (AvgIpc) is 3.03. The third-order valence-electron chi connectivity index (χ3n) is 4.69. The minimum Gasteiger partial charge on any atom is -0.487 e. The number of benzene rings is 3. The molecule has 0 unspecified atom stereocenters. The normalized spacial score (nSPS) is 15.0. The molecule has 4 nitrogen and oxygen atoms in total. The number of halogens is 3. The number of carbonyl (C=O) groups is 2. The third-order valence-corrected chi connectivity index (χ3v) is 6.61. The van der Waals surface area contributed by atoms with Gasteiger partial charge < -0.3 is 4.74 Å². The number of imide groups is 1. The van der Waals surface area contributed by atoms with Crippen LogP contribution in [0.5, 0.6) is 5.75 Å². The molecule has 0 spiro atoms. The summed E-state index contributed by atoms with van der Waals surface area (Å²) in [4.78, 5) is 26.5. The molecule has 0 aliphatic carbocycles. The van der Waals surface area contributed by atoms with Crippen molar-refractivity contribution in [2.75, 3.05) is 0 Å². The van der Waals surface area contributed by atoms with Gasteiger partial charge in [0.25, 0.3) is 11.1 Å². The summed E-state index contributed by atoms with van der Waals surface area (Å²) in [7, 11) is 0. The van der Waals surface area contributed by atoms with Crippen molar-refractivity contribution in [1.82, 2.24) is 4.90 Å². The molecule has 0 atom stereocenters. The van der Waals surface area contributed by atoms with Crippen LogP contribution in [-0.2, 0) is 17.9 Å². The van der Waals surface area contributed by atoms with Gasteiger partial charge in [-0.2, -0.15) is 0 Å². The van der Waals surface area contributed by atoms with Crippen molar-refractivity contribution in [2.45, 2.75) is 13.2 Å². The molecule has 0 radical (unpaired) electrons. The number of carbonyl (C=O) groups excluding carboxylic acids is 2. The van der Waals surface area contributed by atoms with E-state index >= 15 is 0 Å². The molecule has 0 aromatic heterocycles. The number of thioether (sulfide) groups is 1. The summed E-state index contributed by atoms with van der Waals surface area (Å²) in [5, 5.41) is 0.0453. The van der Waals surface area contributed by atoms with Gasteiger partial charge in [0, 0.05) is 3.57 Å². The van der Waals surface area contributed by atoms with Gasteiger partial charge in [-0.15, -0.1) is 0 Å². The van der Waals surface area contributed by atoms with Crippen molar-refractivity contribution in [3.8, 4) is 5.75 Å². The van der Waals surface area contributed by atoms with Crippen LogP contribution in [0.15, 0.2) is 71.6 Å². The van der Waals surface area contributed by atoms with Gasteiger partial charge in [-0.1, -0.05) is 41.9 Å². The van der Waals surface area contributed by atoms with E-state index in [4.69, 9.17) is 16.3 Å². The minimum absolute atomic E-state index is 0.0916. The van der Waals surface area contributed by atoms with Crippen molar-refractivity contribution in [3.63, 3.8) is 0 Å².